The van der Waals surface area contributed by atoms with E-state index in [1.165, 1.54) is 23.1 Å². The van der Waals surface area contributed by atoms with Crippen LogP contribution in [-0.4, -0.2) is 34.2 Å². The number of amides is 1. The minimum atomic E-state index is -0.505. The summed E-state index contributed by atoms with van der Waals surface area (Å²) in [4.78, 5) is 33.8. The van der Waals surface area contributed by atoms with E-state index in [-0.39, 0.29) is 18.3 Å². The predicted octanol–water partition coefficient (Wildman–Crippen LogP) is 5.38. The van der Waals surface area contributed by atoms with Gasteiger partial charge in [-0.15, -0.1) is 11.3 Å². The molecule has 0 aliphatic heterocycles. The van der Waals surface area contributed by atoms with Crippen LogP contribution in [0, 0.1) is 13.8 Å². The van der Waals surface area contributed by atoms with Crippen molar-refractivity contribution in [2.24, 2.45) is 0 Å². The molecule has 0 unspecified atom stereocenters. The van der Waals surface area contributed by atoms with Gasteiger partial charge in [-0.25, -0.2) is 14.8 Å². The van der Waals surface area contributed by atoms with Crippen molar-refractivity contribution in [2.45, 2.75) is 25.9 Å². The Balaban J connectivity index is 1.82. The molecule has 0 aliphatic carbocycles. The van der Waals surface area contributed by atoms with E-state index in [0.29, 0.717) is 31.9 Å². The Kier molecular flexibility index (Phi) is 7.47. The van der Waals surface area contributed by atoms with Gasteiger partial charge in [0.1, 0.15) is 10.6 Å². The first-order valence-corrected chi connectivity index (χ1v) is 11.4. The molecule has 0 aliphatic rings. The zero-order valence-corrected chi connectivity index (χ0v) is 19.1. The van der Waals surface area contributed by atoms with Crippen LogP contribution in [0.3, 0.4) is 0 Å². The van der Waals surface area contributed by atoms with Crippen molar-refractivity contribution in [3.63, 3.8) is 0 Å². The van der Waals surface area contributed by atoms with Gasteiger partial charge in [-0.2, -0.15) is 0 Å². The van der Waals surface area contributed by atoms with Gasteiger partial charge in [0.25, 0.3) is 0 Å². The van der Waals surface area contributed by atoms with E-state index in [1.807, 2.05) is 38.1 Å². The summed E-state index contributed by atoms with van der Waals surface area (Å²) in [6, 6.07) is 9.11. The molecule has 9 heteroatoms. The number of ether oxygens (including phenoxy) is 1. The molecule has 0 spiro atoms. The molecule has 2 heterocycles. The summed E-state index contributed by atoms with van der Waals surface area (Å²) in [5.41, 5.74) is 3.33. The maximum Gasteiger partial charge on any atom is 0.341 e. The number of carbonyl (C=O) groups excluding carboxylic acids is 2. The Hall–Kier alpha value is -2.42. The summed E-state index contributed by atoms with van der Waals surface area (Å²) in [5.74, 6) is -0.653. The van der Waals surface area contributed by atoms with E-state index in [9.17, 15) is 9.59 Å². The fraction of sp³-hybridized carbons (Fsp3) is 0.238. The Labute approximate surface area is 188 Å². The Morgan fingerprint density at radius 2 is 1.87 bits per heavy atom. The number of thioether (sulfide) groups is 1. The van der Waals surface area contributed by atoms with Crippen molar-refractivity contribution >= 4 is 51.6 Å². The molecule has 156 valence electrons. The van der Waals surface area contributed by atoms with Gasteiger partial charge in [-0.3, -0.25) is 4.79 Å². The smallest absolute Gasteiger partial charge is 0.341 e. The van der Waals surface area contributed by atoms with Crippen LogP contribution in [0.2, 0.25) is 5.02 Å². The lowest BCUT2D eigenvalue weighted by atomic mass is 10.0. The third-order valence-electron chi connectivity index (χ3n) is 3.98. The van der Waals surface area contributed by atoms with Crippen molar-refractivity contribution < 1.29 is 14.3 Å². The Morgan fingerprint density at radius 3 is 2.53 bits per heavy atom. The van der Waals surface area contributed by atoms with E-state index in [4.69, 9.17) is 16.3 Å². The van der Waals surface area contributed by atoms with Gasteiger partial charge in [-0.1, -0.05) is 41.6 Å². The highest BCUT2D eigenvalue weighted by Gasteiger charge is 2.24. The first-order valence-electron chi connectivity index (χ1n) is 9.17. The van der Waals surface area contributed by atoms with Crippen LogP contribution in [0.5, 0.6) is 0 Å². The van der Waals surface area contributed by atoms with Gasteiger partial charge >= 0.3 is 5.97 Å². The predicted molar refractivity (Wildman–Crippen MR) is 122 cm³/mol. The first-order chi connectivity index (χ1) is 14.4. The topological polar surface area (TPSA) is 81.2 Å². The van der Waals surface area contributed by atoms with E-state index in [2.05, 4.69) is 15.3 Å². The highest BCUT2D eigenvalue weighted by atomic mass is 35.5. The lowest BCUT2D eigenvalue weighted by Crippen LogP contribution is -2.16. The van der Waals surface area contributed by atoms with E-state index >= 15 is 0 Å². The maximum absolute atomic E-state index is 12.6. The number of hydrogen-bond donors (Lipinski definition) is 1. The number of carbonyl (C=O) groups is 2. The average molecular weight is 462 g/mol. The summed E-state index contributed by atoms with van der Waals surface area (Å²) < 4.78 is 5.21. The molecule has 0 fully saturated rings. The summed E-state index contributed by atoms with van der Waals surface area (Å²) in [6.45, 7) is 5.72. The number of nitrogens with zero attached hydrogens (tertiary/aromatic N) is 2. The van der Waals surface area contributed by atoms with Crippen LogP contribution < -0.4 is 5.32 Å². The van der Waals surface area contributed by atoms with E-state index in [1.54, 1.807) is 18.4 Å². The lowest BCUT2D eigenvalue weighted by molar-refractivity contribution is -0.113. The number of benzene rings is 1. The molecule has 0 saturated carbocycles. The van der Waals surface area contributed by atoms with Gasteiger partial charge in [0, 0.05) is 32.9 Å². The molecule has 1 aromatic carbocycles. The second-order valence-electron chi connectivity index (χ2n) is 6.32. The number of aromatic nitrogens is 2. The second-order valence-corrected chi connectivity index (χ2v) is 8.55. The van der Waals surface area contributed by atoms with Gasteiger partial charge in [0.2, 0.25) is 5.91 Å². The van der Waals surface area contributed by atoms with Gasteiger partial charge in [0.05, 0.1) is 12.4 Å². The number of aryl methyl sites for hydroxylation is 2. The zero-order valence-electron chi connectivity index (χ0n) is 16.7. The Bertz CT molecular complexity index is 1060. The summed E-state index contributed by atoms with van der Waals surface area (Å²) in [5, 5.41) is 6.09. The minimum absolute atomic E-state index is 0.116. The van der Waals surface area contributed by atoms with Crippen molar-refractivity contribution in [3.8, 4) is 11.1 Å². The number of anilines is 1. The molecule has 3 rings (SSSR count). The van der Waals surface area contributed by atoms with Crippen LogP contribution in [0.25, 0.3) is 11.1 Å². The highest BCUT2D eigenvalue weighted by molar-refractivity contribution is 7.99. The number of halogens is 1. The number of hydrogen-bond acceptors (Lipinski definition) is 7. The third-order valence-corrected chi connectivity index (χ3v) is 6.05. The van der Waals surface area contributed by atoms with E-state index < -0.39 is 5.97 Å². The molecule has 3 aromatic rings. The molecule has 0 saturated heterocycles. The third kappa shape index (κ3) is 5.38. The van der Waals surface area contributed by atoms with Crippen molar-refractivity contribution in [1.82, 2.24) is 9.97 Å². The fourth-order valence-corrected chi connectivity index (χ4v) is 4.74. The normalized spacial score (nSPS) is 10.7. The van der Waals surface area contributed by atoms with Gasteiger partial charge < -0.3 is 10.1 Å². The molecule has 1 amide bonds. The van der Waals surface area contributed by atoms with Crippen LogP contribution in [-0.2, 0) is 9.53 Å². The van der Waals surface area contributed by atoms with Crippen molar-refractivity contribution in [2.75, 3.05) is 17.7 Å². The standard InChI is InChI=1S/C21H20ClN3O3S2/c1-4-28-20(27)18-15(14-7-5-6-8-16(14)22)10-29-19(18)25-17(26)11-30-21-23-12(2)9-13(3)24-21/h5-10H,4,11H2,1-3H3,(H,25,26). The minimum Gasteiger partial charge on any atom is -0.462 e. The molecule has 1 N–H and O–H groups in total. The van der Waals surface area contributed by atoms with Crippen molar-refractivity contribution in [3.05, 3.63) is 57.7 Å². The van der Waals surface area contributed by atoms with Gasteiger partial charge in [0.15, 0.2) is 5.16 Å². The molecule has 0 atom stereocenters. The summed E-state index contributed by atoms with van der Waals surface area (Å²) in [7, 11) is 0. The number of nitrogens with one attached hydrogen (secondary N) is 1. The van der Waals surface area contributed by atoms with Crippen LogP contribution in [0.4, 0.5) is 5.00 Å². The molecule has 0 bridgehead atoms. The Morgan fingerprint density at radius 1 is 1.17 bits per heavy atom. The van der Waals surface area contributed by atoms with Gasteiger partial charge in [-0.05, 0) is 32.9 Å². The fourth-order valence-electron chi connectivity index (χ4n) is 2.78. The molecule has 30 heavy (non-hydrogen) atoms. The largest absolute Gasteiger partial charge is 0.462 e. The molecular formula is C21H20ClN3O3S2. The highest BCUT2D eigenvalue weighted by Crippen LogP contribution is 2.39. The average Bonchev–Trinajstić information content (AvgIpc) is 3.09. The first kappa shape index (κ1) is 22.3. The van der Waals surface area contributed by atoms with Crippen LogP contribution in [0.15, 0.2) is 40.9 Å². The number of esters is 1. The summed E-state index contributed by atoms with van der Waals surface area (Å²) in [6.07, 6.45) is 0. The quantitative estimate of drug-likeness (QED) is 0.289. The van der Waals surface area contributed by atoms with Crippen molar-refractivity contribution in [1.29, 1.82) is 0 Å². The molecule has 6 nitrogen and oxygen atoms in total. The second kappa shape index (κ2) is 10.1. The number of rotatable bonds is 7. The SMILES string of the molecule is CCOC(=O)c1c(-c2ccccc2Cl)csc1NC(=O)CSc1nc(C)cc(C)n1. The van der Waals surface area contributed by atoms with Crippen LogP contribution >= 0.6 is 34.7 Å². The zero-order chi connectivity index (χ0) is 21.7. The number of thiophene rings is 1. The monoisotopic (exact) mass is 461 g/mol. The molecule has 0 radical (unpaired) electrons. The molecule has 2 aromatic heterocycles. The molecular weight excluding hydrogens is 442 g/mol. The summed E-state index contributed by atoms with van der Waals surface area (Å²) >= 11 is 8.81. The lowest BCUT2D eigenvalue weighted by Gasteiger charge is -2.09. The maximum atomic E-state index is 12.6. The van der Waals surface area contributed by atoms with E-state index in [0.717, 1.165) is 11.4 Å². The van der Waals surface area contributed by atoms with Crippen LogP contribution in [0.1, 0.15) is 28.7 Å².